The van der Waals surface area contributed by atoms with E-state index in [-0.39, 0.29) is 5.38 Å². The van der Waals surface area contributed by atoms with Gasteiger partial charge in [0.15, 0.2) is 0 Å². The van der Waals surface area contributed by atoms with Gasteiger partial charge >= 0.3 is 0 Å². The number of aromatic nitrogens is 3. The van der Waals surface area contributed by atoms with Gasteiger partial charge in [0, 0.05) is 24.0 Å². The standard InChI is InChI=1S/C16H15Cl2N3/c1-11(17)16-20-14-9-13(18)4-5-15(14)21(16)8-6-12-3-2-7-19-10-12/h2-5,7,9-11H,6,8H2,1H3. The van der Waals surface area contributed by atoms with Crippen LogP contribution in [0.1, 0.15) is 23.7 Å². The van der Waals surface area contributed by atoms with Crippen LogP contribution in [0.2, 0.25) is 5.02 Å². The number of hydrogen-bond donors (Lipinski definition) is 0. The van der Waals surface area contributed by atoms with E-state index >= 15 is 0 Å². The summed E-state index contributed by atoms with van der Waals surface area (Å²) in [6, 6.07) is 9.78. The van der Waals surface area contributed by atoms with Gasteiger partial charge in [0.1, 0.15) is 5.82 Å². The van der Waals surface area contributed by atoms with Gasteiger partial charge in [0.05, 0.1) is 16.4 Å². The molecule has 0 aliphatic rings. The van der Waals surface area contributed by atoms with Crippen molar-refractivity contribution in [3.63, 3.8) is 0 Å². The highest BCUT2D eigenvalue weighted by atomic mass is 35.5. The number of imidazole rings is 1. The maximum absolute atomic E-state index is 6.27. The molecular weight excluding hydrogens is 305 g/mol. The fraction of sp³-hybridized carbons (Fsp3) is 0.250. The molecule has 0 saturated heterocycles. The third kappa shape index (κ3) is 3.04. The molecule has 0 spiro atoms. The first kappa shape index (κ1) is 14.4. The zero-order valence-electron chi connectivity index (χ0n) is 11.6. The minimum Gasteiger partial charge on any atom is -0.326 e. The van der Waals surface area contributed by atoms with Crippen LogP contribution >= 0.6 is 23.2 Å². The average Bonchev–Trinajstić information content (AvgIpc) is 2.84. The van der Waals surface area contributed by atoms with Gasteiger partial charge < -0.3 is 4.57 Å². The first-order chi connectivity index (χ1) is 10.1. The van der Waals surface area contributed by atoms with E-state index in [1.54, 1.807) is 6.20 Å². The lowest BCUT2D eigenvalue weighted by Gasteiger charge is -2.10. The number of nitrogens with zero attached hydrogens (tertiary/aromatic N) is 3. The summed E-state index contributed by atoms with van der Waals surface area (Å²) in [4.78, 5) is 8.76. The molecule has 108 valence electrons. The quantitative estimate of drug-likeness (QED) is 0.656. The molecule has 1 unspecified atom stereocenters. The highest BCUT2D eigenvalue weighted by molar-refractivity contribution is 6.31. The first-order valence-electron chi connectivity index (χ1n) is 6.84. The first-order valence-corrected chi connectivity index (χ1v) is 7.65. The van der Waals surface area contributed by atoms with Crippen molar-refractivity contribution in [3.05, 3.63) is 59.1 Å². The van der Waals surface area contributed by atoms with Gasteiger partial charge in [-0.3, -0.25) is 4.98 Å². The summed E-state index contributed by atoms with van der Waals surface area (Å²) in [5.41, 5.74) is 3.14. The molecular formula is C16H15Cl2N3. The molecule has 1 atom stereocenters. The van der Waals surface area contributed by atoms with Gasteiger partial charge in [-0.15, -0.1) is 11.6 Å². The topological polar surface area (TPSA) is 30.7 Å². The zero-order chi connectivity index (χ0) is 14.8. The minimum atomic E-state index is -0.148. The van der Waals surface area contributed by atoms with E-state index in [1.807, 2.05) is 37.4 Å². The normalized spacial score (nSPS) is 12.7. The average molecular weight is 320 g/mol. The third-order valence-corrected chi connectivity index (χ3v) is 3.87. The Morgan fingerprint density at radius 1 is 1.29 bits per heavy atom. The van der Waals surface area contributed by atoms with Gasteiger partial charge in [-0.05, 0) is 43.2 Å². The van der Waals surface area contributed by atoms with Crippen molar-refractivity contribution < 1.29 is 0 Å². The number of halogens is 2. The Hall–Kier alpha value is -1.58. The van der Waals surface area contributed by atoms with E-state index in [0.717, 1.165) is 29.8 Å². The number of rotatable bonds is 4. The Kier molecular flexibility index (Phi) is 4.13. The van der Waals surface area contributed by atoms with E-state index < -0.39 is 0 Å². The van der Waals surface area contributed by atoms with Crippen molar-refractivity contribution in [1.82, 2.24) is 14.5 Å². The molecule has 3 rings (SSSR count). The van der Waals surface area contributed by atoms with Crippen LogP contribution in [0.15, 0.2) is 42.7 Å². The summed E-state index contributed by atoms with van der Waals surface area (Å²) in [7, 11) is 0. The molecule has 0 amide bonds. The fourth-order valence-corrected chi connectivity index (χ4v) is 2.78. The van der Waals surface area contributed by atoms with Crippen molar-refractivity contribution in [2.24, 2.45) is 0 Å². The Morgan fingerprint density at radius 2 is 2.14 bits per heavy atom. The molecule has 0 radical (unpaired) electrons. The van der Waals surface area contributed by atoms with Crippen LogP contribution in [0.25, 0.3) is 11.0 Å². The second-order valence-corrected chi connectivity index (χ2v) is 6.07. The van der Waals surface area contributed by atoms with Crippen LogP contribution in [0.4, 0.5) is 0 Å². The van der Waals surface area contributed by atoms with Crippen molar-refractivity contribution in [2.75, 3.05) is 0 Å². The number of alkyl halides is 1. The Morgan fingerprint density at radius 3 is 2.86 bits per heavy atom. The lowest BCUT2D eigenvalue weighted by molar-refractivity contribution is 0.667. The predicted molar refractivity (Wildman–Crippen MR) is 87.0 cm³/mol. The van der Waals surface area contributed by atoms with E-state index in [9.17, 15) is 0 Å². The van der Waals surface area contributed by atoms with E-state index in [4.69, 9.17) is 23.2 Å². The molecule has 0 saturated carbocycles. The van der Waals surface area contributed by atoms with Crippen LogP contribution in [0.3, 0.4) is 0 Å². The van der Waals surface area contributed by atoms with E-state index in [0.29, 0.717) is 5.02 Å². The molecule has 0 N–H and O–H groups in total. The molecule has 3 aromatic rings. The molecule has 1 aromatic carbocycles. The van der Waals surface area contributed by atoms with Crippen LogP contribution < -0.4 is 0 Å². The van der Waals surface area contributed by atoms with Crippen LogP contribution in [0.5, 0.6) is 0 Å². The zero-order valence-corrected chi connectivity index (χ0v) is 13.1. The molecule has 0 fully saturated rings. The monoisotopic (exact) mass is 319 g/mol. The third-order valence-electron chi connectivity index (χ3n) is 3.44. The summed E-state index contributed by atoms with van der Waals surface area (Å²) in [5.74, 6) is 0.873. The maximum atomic E-state index is 6.27. The lowest BCUT2D eigenvalue weighted by atomic mass is 10.2. The molecule has 0 bridgehead atoms. The summed E-state index contributed by atoms with van der Waals surface area (Å²) in [6.07, 6.45) is 4.56. The Balaban J connectivity index is 1.97. The molecule has 21 heavy (non-hydrogen) atoms. The second-order valence-electron chi connectivity index (χ2n) is 4.98. The molecule has 0 aliphatic heterocycles. The van der Waals surface area contributed by atoms with Crippen molar-refractivity contribution in [3.8, 4) is 0 Å². The van der Waals surface area contributed by atoms with Gasteiger partial charge in [0.2, 0.25) is 0 Å². The SMILES string of the molecule is CC(Cl)c1nc2cc(Cl)ccc2n1CCc1cccnc1. The van der Waals surface area contributed by atoms with Gasteiger partial charge in [-0.2, -0.15) is 0 Å². The lowest BCUT2D eigenvalue weighted by Crippen LogP contribution is -2.07. The molecule has 2 aromatic heterocycles. The largest absolute Gasteiger partial charge is 0.326 e. The molecule has 0 aliphatic carbocycles. The number of aryl methyl sites for hydroxylation is 2. The minimum absolute atomic E-state index is 0.148. The number of hydrogen-bond acceptors (Lipinski definition) is 2. The molecule has 5 heteroatoms. The second kappa shape index (κ2) is 6.04. The molecule has 2 heterocycles. The Labute approximate surface area is 133 Å². The highest BCUT2D eigenvalue weighted by Crippen LogP contribution is 2.26. The van der Waals surface area contributed by atoms with Crippen LogP contribution in [-0.2, 0) is 13.0 Å². The van der Waals surface area contributed by atoms with E-state index in [1.165, 1.54) is 5.56 Å². The highest BCUT2D eigenvalue weighted by Gasteiger charge is 2.15. The fourth-order valence-electron chi connectivity index (χ4n) is 2.45. The smallest absolute Gasteiger partial charge is 0.127 e. The van der Waals surface area contributed by atoms with Gasteiger partial charge in [0.25, 0.3) is 0 Å². The van der Waals surface area contributed by atoms with Crippen molar-refractivity contribution in [1.29, 1.82) is 0 Å². The summed E-state index contributed by atoms with van der Waals surface area (Å²) in [6.45, 7) is 2.75. The molecule has 3 nitrogen and oxygen atoms in total. The van der Waals surface area contributed by atoms with E-state index in [2.05, 4.69) is 20.6 Å². The Bertz CT molecular complexity index is 751. The maximum Gasteiger partial charge on any atom is 0.127 e. The summed E-state index contributed by atoms with van der Waals surface area (Å²) < 4.78 is 2.16. The summed E-state index contributed by atoms with van der Waals surface area (Å²) >= 11 is 12.3. The van der Waals surface area contributed by atoms with Gasteiger partial charge in [-0.1, -0.05) is 17.7 Å². The number of pyridine rings is 1. The number of fused-ring (bicyclic) bond motifs is 1. The summed E-state index contributed by atoms with van der Waals surface area (Å²) in [5, 5.41) is 0.540. The predicted octanol–water partition coefficient (Wildman–Crippen LogP) is 4.63. The van der Waals surface area contributed by atoms with Gasteiger partial charge in [-0.25, -0.2) is 4.98 Å². The van der Waals surface area contributed by atoms with Crippen LogP contribution in [-0.4, -0.2) is 14.5 Å². The van der Waals surface area contributed by atoms with Crippen LogP contribution in [0, 0.1) is 0 Å². The number of benzene rings is 1. The van der Waals surface area contributed by atoms with Crippen molar-refractivity contribution >= 4 is 34.2 Å². The van der Waals surface area contributed by atoms with Crippen molar-refractivity contribution in [2.45, 2.75) is 25.3 Å².